The molecular formula is C16H15NO3S. The van der Waals surface area contributed by atoms with Crippen LogP contribution in [0.1, 0.15) is 26.5 Å². The number of amides is 1. The molecule has 0 radical (unpaired) electrons. The monoisotopic (exact) mass is 301 g/mol. The molecule has 4 nitrogen and oxygen atoms in total. The molecule has 0 spiro atoms. The number of carbonyl (C=O) groups is 1. The summed E-state index contributed by atoms with van der Waals surface area (Å²) >= 11 is 1.51. The molecule has 1 aromatic carbocycles. The van der Waals surface area contributed by atoms with E-state index in [4.69, 9.17) is 5.11 Å². The molecule has 1 aromatic heterocycles. The third-order valence-corrected chi connectivity index (χ3v) is 3.66. The number of phenolic OH excluding ortho intramolecular Hbond substituents is 1. The first-order valence-corrected chi connectivity index (χ1v) is 7.26. The zero-order chi connectivity index (χ0) is 15.1. The number of hydrogen-bond donors (Lipinski definition) is 3. The Bertz CT molecular complexity index is 665. The number of aliphatic hydroxyl groups is 1. The van der Waals surface area contributed by atoms with Gasteiger partial charge >= 0.3 is 0 Å². The summed E-state index contributed by atoms with van der Waals surface area (Å²) in [6, 6.07) is 9.93. The lowest BCUT2D eigenvalue weighted by atomic mass is 10.2. The molecule has 0 aliphatic heterocycles. The summed E-state index contributed by atoms with van der Waals surface area (Å²) in [5.41, 5.74) is 0.507. The summed E-state index contributed by atoms with van der Waals surface area (Å²) in [4.78, 5) is 13.8. The maximum Gasteiger partial charge on any atom is 0.251 e. The number of hydrogen-bond acceptors (Lipinski definition) is 4. The Morgan fingerprint density at radius 2 is 1.95 bits per heavy atom. The third-order valence-electron chi connectivity index (χ3n) is 2.66. The lowest BCUT2D eigenvalue weighted by molar-refractivity contribution is 0.0951. The molecule has 3 N–H and O–H groups in total. The van der Waals surface area contributed by atoms with E-state index in [9.17, 15) is 9.90 Å². The van der Waals surface area contributed by atoms with Gasteiger partial charge in [-0.05, 0) is 36.4 Å². The number of thiophene rings is 1. The summed E-state index contributed by atoms with van der Waals surface area (Å²) in [5.74, 6) is 5.77. The molecule has 108 valence electrons. The van der Waals surface area contributed by atoms with E-state index in [-0.39, 0.29) is 18.3 Å². The summed E-state index contributed by atoms with van der Waals surface area (Å²) in [7, 11) is 0. The van der Waals surface area contributed by atoms with Crippen LogP contribution >= 0.6 is 11.3 Å². The first-order valence-electron chi connectivity index (χ1n) is 6.44. The average Bonchev–Trinajstić information content (AvgIpc) is 2.94. The Balaban J connectivity index is 1.90. The van der Waals surface area contributed by atoms with Crippen LogP contribution in [-0.4, -0.2) is 22.7 Å². The van der Waals surface area contributed by atoms with Gasteiger partial charge in [-0.1, -0.05) is 11.8 Å². The molecule has 2 rings (SSSR count). The number of phenols is 1. The van der Waals surface area contributed by atoms with Crippen LogP contribution in [-0.2, 0) is 6.54 Å². The highest BCUT2D eigenvalue weighted by Gasteiger charge is 2.06. The van der Waals surface area contributed by atoms with Gasteiger partial charge in [-0.2, -0.15) is 0 Å². The Kier molecular flexibility index (Phi) is 5.38. The minimum atomic E-state index is -0.184. The topological polar surface area (TPSA) is 69.6 Å². The molecule has 21 heavy (non-hydrogen) atoms. The Morgan fingerprint density at radius 3 is 2.67 bits per heavy atom. The van der Waals surface area contributed by atoms with Crippen molar-refractivity contribution in [2.45, 2.75) is 13.0 Å². The highest BCUT2D eigenvalue weighted by atomic mass is 32.1. The number of rotatable bonds is 4. The van der Waals surface area contributed by atoms with Gasteiger partial charge in [-0.15, -0.1) is 11.3 Å². The van der Waals surface area contributed by atoms with Gasteiger partial charge in [-0.25, -0.2) is 0 Å². The van der Waals surface area contributed by atoms with Gasteiger partial charge in [0.15, 0.2) is 0 Å². The summed E-state index contributed by atoms with van der Waals surface area (Å²) in [6.45, 7) is 0.500. The fourth-order valence-corrected chi connectivity index (χ4v) is 2.45. The summed E-state index contributed by atoms with van der Waals surface area (Å²) in [6.07, 6.45) is 0.463. The number of aromatic hydroxyl groups is 1. The molecule has 0 unspecified atom stereocenters. The molecule has 0 saturated carbocycles. The van der Waals surface area contributed by atoms with E-state index in [1.165, 1.54) is 23.5 Å². The van der Waals surface area contributed by atoms with Gasteiger partial charge in [-0.3, -0.25) is 4.79 Å². The predicted molar refractivity (Wildman–Crippen MR) is 82.2 cm³/mol. The number of carbonyl (C=O) groups excluding carboxylic acids is 1. The van der Waals surface area contributed by atoms with Crippen molar-refractivity contribution < 1.29 is 15.0 Å². The molecule has 0 atom stereocenters. The quantitative estimate of drug-likeness (QED) is 0.758. The third kappa shape index (κ3) is 4.63. The number of aliphatic hydroxyl groups excluding tert-OH is 1. The van der Waals surface area contributed by atoms with Gasteiger partial charge < -0.3 is 15.5 Å². The second-order valence-electron chi connectivity index (χ2n) is 4.27. The van der Waals surface area contributed by atoms with Crippen LogP contribution in [0.25, 0.3) is 0 Å². The summed E-state index contributed by atoms with van der Waals surface area (Å²) < 4.78 is 0. The van der Waals surface area contributed by atoms with Crippen LogP contribution in [0.15, 0.2) is 36.4 Å². The van der Waals surface area contributed by atoms with Gasteiger partial charge in [0.2, 0.25) is 0 Å². The van der Waals surface area contributed by atoms with Crippen molar-refractivity contribution in [3.63, 3.8) is 0 Å². The first kappa shape index (κ1) is 15.1. The minimum Gasteiger partial charge on any atom is -0.508 e. The molecule has 0 aliphatic rings. The fraction of sp³-hybridized carbons (Fsp3) is 0.188. The molecule has 1 amide bonds. The Labute approximate surface area is 127 Å². The molecule has 5 heteroatoms. The van der Waals surface area contributed by atoms with E-state index in [1.807, 2.05) is 12.1 Å². The van der Waals surface area contributed by atoms with Crippen LogP contribution < -0.4 is 5.32 Å². The molecule has 2 aromatic rings. The lowest BCUT2D eigenvalue weighted by Crippen LogP contribution is -2.22. The van der Waals surface area contributed by atoms with Crippen molar-refractivity contribution in [1.82, 2.24) is 5.32 Å². The van der Waals surface area contributed by atoms with Crippen molar-refractivity contribution in [3.8, 4) is 17.6 Å². The molecule has 0 aliphatic carbocycles. The zero-order valence-electron chi connectivity index (χ0n) is 11.3. The Hall–Kier alpha value is -2.29. The molecule has 0 fully saturated rings. The van der Waals surface area contributed by atoms with E-state index >= 15 is 0 Å². The van der Waals surface area contributed by atoms with Crippen molar-refractivity contribution in [2.75, 3.05) is 6.61 Å². The van der Waals surface area contributed by atoms with Crippen molar-refractivity contribution in [3.05, 3.63) is 51.7 Å². The van der Waals surface area contributed by atoms with E-state index in [2.05, 4.69) is 17.2 Å². The van der Waals surface area contributed by atoms with Crippen LogP contribution in [0.5, 0.6) is 5.75 Å². The fourth-order valence-electron chi connectivity index (χ4n) is 1.63. The SMILES string of the molecule is O=C(NCc1ccc(C#CCCO)s1)c1ccc(O)cc1. The standard InChI is InChI=1S/C16H15NO3S/c18-10-2-1-3-14-8-9-15(21-14)11-17-16(20)12-4-6-13(19)7-5-12/h4-9,18-19H,2,10-11H2,(H,17,20). The van der Waals surface area contributed by atoms with E-state index < -0.39 is 0 Å². The number of nitrogens with one attached hydrogen (secondary N) is 1. The second-order valence-corrected chi connectivity index (χ2v) is 5.44. The average molecular weight is 301 g/mol. The molecule has 0 bridgehead atoms. The van der Waals surface area contributed by atoms with Crippen LogP contribution in [0, 0.1) is 11.8 Å². The maximum absolute atomic E-state index is 11.9. The highest BCUT2D eigenvalue weighted by molar-refractivity contribution is 7.12. The number of benzene rings is 1. The lowest BCUT2D eigenvalue weighted by Gasteiger charge is -2.03. The largest absolute Gasteiger partial charge is 0.508 e. The smallest absolute Gasteiger partial charge is 0.251 e. The van der Waals surface area contributed by atoms with E-state index in [1.54, 1.807) is 12.1 Å². The van der Waals surface area contributed by atoms with Gasteiger partial charge in [0.1, 0.15) is 5.75 Å². The van der Waals surface area contributed by atoms with Crippen molar-refractivity contribution in [1.29, 1.82) is 0 Å². The second kappa shape index (κ2) is 7.48. The first-order chi connectivity index (χ1) is 10.2. The van der Waals surface area contributed by atoms with E-state index in [0.29, 0.717) is 18.5 Å². The van der Waals surface area contributed by atoms with Crippen LogP contribution in [0.2, 0.25) is 0 Å². The predicted octanol–water partition coefficient (Wildman–Crippen LogP) is 2.12. The van der Waals surface area contributed by atoms with Crippen LogP contribution in [0.4, 0.5) is 0 Å². The van der Waals surface area contributed by atoms with Crippen molar-refractivity contribution in [2.24, 2.45) is 0 Å². The van der Waals surface area contributed by atoms with E-state index in [0.717, 1.165) is 9.75 Å². The van der Waals surface area contributed by atoms with Gasteiger partial charge in [0, 0.05) is 16.9 Å². The molecular weight excluding hydrogens is 286 g/mol. The highest BCUT2D eigenvalue weighted by Crippen LogP contribution is 2.15. The molecule has 0 saturated heterocycles. The Morgan fingerprint density at radius 1 is 1.19 bits per heavy atom. The van der Waals surface area contributed by atoms with Gasteiger partial charge in [0.25, 0.3) is 5.91 Å². The molecule has 1 heterocycles. The maximum atomic E-state index is 11.9. The minimum absolute atomic E-state index is 0.0634. The zero-order valence-corrected chi connectivity index (χ0v) is 12.1. The van der Waals surface area contributed by atoms with Crippen LogP contribution in [0.3, 0.4) is 0 Å². The van der Waals surface area contributed by atoms with Crippen molar-refractivity contribution >= 4 is 17.2 Å². The normalized spacial score (nSPS) is 9.76. The summed E-state index contributed by atoms with van der Waals surface area (Å²) in [5, 5.41) is 20.7. The van der Waals surface area contributed by atoms with Gasteiger partial charge in [0.05, 0.1) is 18.0 Å².